The molecule has 17 heavy (non-hydrogen) atoms. The summed E-state index contributed by atoms with van der Waals surface area (Å²) in [5.41, 5.74) is 0.628. The summed E-state index contributed by atoms with van der Waals surface area (Å²) < 4.78 is 10.4. The zero-order chi connectivity index (χ0) is 11.7. The van der Waals surface area contributed by atoms with Crippen LogP contribution in [0.25, 0.3) is 22.3 Å². The van der Waals surface area contributed by atoms with Crippen molar-refractivity contribution in [3.05, 3.63) is 29.7 Å². The van der Waals surface area contributed by atoms with Crippen LogP contribution in [-0.4, -0.2) is 15.1 Å². The third-order valence-electron chi connectivity index (χ3n) is 2.33. The van der Waals surface area contributed by atoms with Gasteiger partial charge in [-0.05, 0) is 11.4 Å². The molecule has 0 aliphatic heterocycles. The highest BCUT2D eigenvalue weighted by atomic mass is 32.1. The Morgan fingerprint density at radius 2 is 2.35 bits per heavy atom. The molecule has 3 rings (SSSR count). The maximum Gasteiger partial charge on any atom is 0.280 e. The molecule has 0 amide bonds. The molecule has 0 N–H and O–H groups in total. The summed E-state index contributed by atoms with van der Waals surface area (Å²) in [6.07, 6.45) is 2.13. The molecule has 3 aromatic heterocycles. The van der Waals surface area contributed by atoms with Crippen molar-refractivity contribution in [2.24, 2.45) is 0 Å². The minimum atomic E-state index is 0.402. The Morgan fingerprint density at radius 3 is 3.12 bits per heavy atom. The average molecular weight is 247 g/mol. The molecule has 0 spiro atoms. The highest BCUT2D eigenvalue weighted by Crippen LogP contribution is 2.26. The second-order valence-corrected chi connectivity index (χ2v) is 4.33. The van der Waals surface area contributed by atoms with Crippen LogP contribution in [0.4, 0.5) is 0 Å². The number of hydrogen-bond donors (Lipinski definition) is 0. The minimum Gasteiger partial charge on any atom is -0.448 e. The summed E-state index contributed by atoms with van der Waals surface area (Å²) in [5.74, 6) is 1.74. The Balaban J connectivity index is 2.01. The zero-order valence-electron chi connectivity index (χ0n) is 9.08. The largest absolute Gasteiger partial charge is 0.448 e. The maximum absolute atomic E-state index is 5.23. The number of rotatable bonds is 3. The van der Waals surface area contributed by atoms with Gasteiger partial charge < -0.3 is 8.94 Å². The molecule has 0 radical (unpaired) electrons. The monoisotopic (exact) mass is 247 g/mol. The van der Waals surface area contributed by atoms with Crippen LogP contribution in [0.2, 0.25) is 0 Å². The quantitative estimate of drug-likeness (QED) is 0.711. The van der Waals surface area contributed by atoms with Crippen molar-refractivity contribution in [2.45, 2.75) is 13.3 Å². The second-order valence-electron chi connectivity index (χ2n) is 3.38. The summed E-state index contributed by atoms with van der Waals surface area (Å²) >= 11 is 1.57. The second kappa shape index (κ2) is 4.14. The maximum atomic E-state index is 5.23. The zero-order valence-corrected chi connectivity index (χ0v) is 9.90. The molecule has 0 aromatic carbocycles. The smallest absolute Gasteiger partial charge is 0.280 e. The van der Waals surface area contributed by atoms with Crippen molar-refractivity contribution >= 4 is 11.3 Å². The van der Waals surface area contributed by atoms with E-state index in [1.165, 1.54) is 6.39 Å². The van der Waals surface area contributed by atoms with E-state index in [1.54, 1.807) is 11.3 Å². The molecule has 0 fully saturated rings. The van der Waals surface area contributed by atoms with Gasteiger partial charge in [-0.2, -0.15) is 4.98 Å². The van der Waals surface area contributed by atoms with E-state index in [2.05, 4.69) is 15.1 Å². The molecule has 0 unspecified atom stereocenters. The number of oxazole rings is 1. The first-order valence-corrected chi connectivity index (χ1v) is 6.06. The summed E-state index contributed by atoms with van der Waals surface area (Å²) in [6, 6.07) is 3.90. The average Bonchev–Trinajstić information content (AvgIpc) is 3.09. The van der Waals surface area contributed by atoms with Gasteiger partial charge >= 0.3 is 0 Å². The first-order chi connectivity index (χ1) is 8.38. The molecule has 0 aliphatic rings. The van der Waals surface area contributed by atoms with Crippen molar-refractivity contribution in [3.8, 4) is 22.3 Å². The Labute approximate surface area is 101 Å². The van der Waals surface area contributed by atoms with E-state index in [9.17, 15) is 0 Å². The molecule has 0 atom stereocenters. The van der Waals surface area contributed by atoms with Crippen LogP contribution in [0.15, 0.2) is 32.8 Å². The van der Waals surface area contributed by atoms with Gasteiger partial charge in [0, 0.05) is 6.42 Å². The van der Waals surface area contributed by atoms with Crippen LogP contribution >= 0.6 is 11.3 Å². The minimum absolute atomic E-state index is 0.402. The molecule has 3 heterocycles. The fraction of sp³-hybridized carbons (Fsp3) is 0.182. The van der Waals surface area contributed by atoms with Crippen LogP contribution in [-0.2, 0) is 6.42 Å². The molecule has 6 heteroatoms. The van der Waals surface area contributed by atoms with Crippen molar-refractivity contribution in [2.75, 3.05) is 0 Å². The number of nitrogens with zero attached hydrogens (tertiary/aromatic N) is 3. The van der Waals surface area contributed by atoms with E-state index >= 15 is 0 Å². The van der Waals surface area contributed by atoms with E-state index in [0.29, 0.717) is 17.4 Å². The van der Waals surface area contributed by atoms with Crippen LogP contribution in [0.1, 0.15) is 12.7 Å². The van der Waals surface area contributed by atoms with Gasteiger partial charge in [-0.1, -0.05) is 18.1 Å². The van der Waals surface area contributed by atoms with Crippen molar-refractivity contribution < 1.29 is 8.94 Å². The van der Waals surface area contributed by atoms with Crippen molar-refractivity contribution in [1.29, 1.82) is 0 Å². The Kier molecular flexibility index (Phi) is 2.49. The molecule has 86 valence electrons. The predicted octanol–water partition coefficient (Wildman–Crippen LogP) is 3.02. The van der Waals surface area contributed by atoms with Crippen LogP contribution in [0.3, 0.4) is 0 Å². The third kappa shape index (κ3) is 1.76. The molecule has 5 nitrogen and oxygen atoms in total. The van der Waals surface area contributed by atoms with Crippen LogP contribution < -0.4 is 0 Å². The van der Waals surface area contributed by atoms with E-state index in [4.69, 9.17) is 8.94 Å². The highest BCUT2D eigenvalue weighted by Gasteiger charge is 2.17. The van der Waals surface area contributed by atoms with E-state index in [0.717, 1.165) is 17.1 Å². The first kappa shape index (κ1) is 10.2. The van der Waals surface area contributed by atoms with Crippen molar-refractivity contribution in [3.63, 3.8) is 0 Å². The summed E-state index contributed by atoms with van der Waals surface area (Å²) in [4.78, 5) is 9.38. The van der Waals surface area contributed by atoms with Gasteiger partial charge in [0.1, 0.15) is 5.76 Å². The molecule has 0 bridgehead atoms. The normalized spacial score (nSPS) is 10.9. The lowest BCUT2D eigenvalue weighted by molar-refractivity contribution is 0.429. The standard InChI is InChI=1S/C11H9N3O2S/c1-2-7-9(12-6-15-7)11-13-10(14-16-11)8-4-3-5-17-8/h3-6H,2H2,1H3. The predicted molar refractivity (Wildman–Crippen MR) is 62.5 cm³/mol. The van der Waals surface area contributed by atoms with Gasteiger partial charge in [0.25, 0.3) is 5.89 Å². The number of thiophene rings is 1. The Bertz CT molecular complexity index is 612. The fourth-order valence-corrected chi connectivity index (χ4v) is 2.17. The van der Waals surface area contributed by atoms with E-state index < -0.39 is 0 Å². The number of aromatic nitrogens is 3. The van der Waals surface area contributed by atoms with Gasteiger partial charge in [0.2, 0.25) is 5.82 Å². The van der Waals surface area contributed by atoms with Gasteiger partial charge in [-0.15, -0.1) is 11.3 Å². The lowest BCUT2D eigenvalue weighted by atomic mass is 10.3. The molecular formula is C11H9N3O2S. The van der Waals surface area contributed by atoms with Gasteiger partial charge in [0.15, 0.2) is 12.1 Å². The van der Waals surface area contributed by atoms with Gasteiger partial charge in [0.05, 0.1) is 4.88 Å². The van der Waals surface area contributed by atoms with E-state index in [1.807, 2.05) is 24.4 Å². The summed E-state index contributed by atoms with van der Waals surface area (Å²) in [6.45, 7) is 1.99. The molecule has 0 aliphatic carbocycles. The topological polar surface area (TPSA) is 65.0 Å². The lowest BCUT2D eigenvalue weighted by Crippen LogP contribution is -1.84. The SMILES string of the molecule is CCc1ocnc1-c1nc(-c2cccs2)no1. The molecule has 0 saturated carbocycles. The molecular weight excluding hydrogens is 238 g/mol. The summed E-state index contributed by atoms with van der Waals surface area (Å²) in [5, 5.41) is 5.90. The number of aryl methyl sites for hydroxylation is 1. The summed E-state index contributed by atoms with van der Waals surface area (Å²) in [7, 11) is 0. The van der Waals surface area contributed by atoms with Crippen LogP contribution in [0.5, 0.6) is 0 Å². The van der Waals surface area contributed by atoms with Crippen molar-refractivity contribution in [1.82, 2.24) is 15.1 Å². The Morgan fingerprint density at radius 1 is 1.41 bits per heavy atom. The first-order valence-electron chi connectivity index (χ1n) is 5.18. The number of hydrogen-bond acceptors (Lipinski definition) is 6. The van der Waals surface area contributed by atoms with E-state index in [-0.39, 0.29) is 0 Å². The third-order valence-corrected chi connectivity index (χ3v) is 3.20. The van der Waals surface area contributed by atoms with Gasteiger partial charge in [-0.25, -0.2) is 4.98 Å². The molecule has 3 aromatic rings. The Hall–Kier alpha value is -1.95. The highest BCUT2D eigenvalue weighted by molar-refractivity contribution is 7.13. The van der Waals surface area contributed by atoms with Crippen LogP contribution in [0, 0.1) is 0 Å². The lowest BCUT2D eigenvalue weighted by Gasteiger charge is -1.89. The van der Waals surface area contributed by atoms with Gasteiger partial charge in [-0.3, -0.25) is 0 Å². The molecule has 0 saturated heterocycles. The fourth-order valence-electron chi connectivity index (χ4n) is 1.52.